The van der Waals surface area contributed by atoms with Crippen LogP contribution in [0.2, 0.25) is 0 Å². The molecule has 0 spiro atoms. The number of carbonyl (C=O) groups is 2. The summed E-state index contributed by atoms with van der Waals surface area (Å²) in [6.07, 6.45) is 1.14. The first-order valence-electron chi connectivity index (χ1n) is 8.11. The summed E-state index contributed by atoms with van der Waals surface area (Å²) in [5.74, 6) is 0.220. The van der Waals surface area contributed by atoms with Gasteiger partial charge in [-0.15, -0.1) is 24.8 Å². The third kappa shape index (κ3) is 8.01. The average Bonchev–Trinajstić information content (AvgIpc) is 2.77. The van der Waals surface area contributed by atoms with Gasteiger partial charge in [-0.2, -0.15) is 0 Å². The minimum absolute atomic E-state index is 0. The highest BCUT2D eigenvalue weighted by atomic mass is 35.5. The summed E-state index contributed by atoms with van der Waals surface area (Å²) in [7, 11) is 3.95. The lowest BCUT2D eigenvalue weighted by molar-refractivity contribution is -0.129. The van der Waals surface area contributed by atoms with E-state index in [1.807, 2.05) is 25.9 Å². The van der Waals surface area contributed by atoms with E-state index in [4.69, 9.17) is 5.73 Å². The highest BCUT2D eigenvalue weighted by Crippen LogP contribution is 2.21. The fourth-order valence-electron chi connectivity index (χ4n) is 2.97. The first-order valence-corrected chi connectivity index (χ1v) is 8.11. The number of amides is 2. The summed E-state index contributed by atoms with van der Waals surface area (Å²) in [5.41, 5.74) is 5.44. The van der Waals surface area contributed by atoms with Crippen LogP contribution in [-0.2, 0) is 9.59 Å². The van der Waals surface area contributed by atoms with Crippen LogP contribution in [0.4, 0.5) is 0 Å². The van der Waals surface area contributed by atoms with Crippen molar-refractivity contribution < 1.29 is 9.59 Å². The van der Waals surface area contributed by atoms with Gasteiger partial charge in [0, 0.05) is 38.1 Å². The summed E-state index contributed by atoms with van der Waals surface area (Å²) in [4.78, 5) is 28.3. The lowest BCUT2D eigenvalue weighted by atomic mass is 9.90. The number of halogens is 2. The van der Waals surface area contributed by atoms with E-state index in [-0.39, 0.29) is 42.5 Å². The Bertz CT molecular complexity index is 408. The number of hydrogen-bond donors (Lipinski definition) is 2. The number of carbonyl (C=O) groups excluding carboxylic acids is 2. The van der Waals surface area contributed by atoms with Gasteiger partial charge in [-0.1, -0.05) is 13.8 Å². The molecule has 0 saturated carbocycles. The Morgan fingerprint density at radius 3 is 2.46 bits per heavy atom. The van der Waals surface area contributed by atoms with E-state index in [1.54, 1.807) is 4.90 Å². The average molecular weight is 385 g/mol. The predicted molar refractivity (Wildman–Crippen MR) is 103 cm³/mol. The van der Waals surface area contributed by atoms with E-state index in [9.17, 15) is 9.59 Å². The van der Waals surface area contributed by atoms with Crippen molar-refractivity contribution in [1.29, 1.82) is 0 Å². The van der Waals surface area contributed by atoms with E-state index in [1.165, 1.54) is 0 Å². The molecule has 1 aliphatic rings. The third-order valence-electron chi connectivity index (χ3n) is 4.14. The zero-order chi connectivity index (χ0) is 16.9. The minimum Gasteiger partial charge on any atom is -0.349 e. The molecule has 0 aromatic heterocycles. The molecule has 0 aromatic rings. The second-order valence-electron chi connectivity index (χ2n) is 7.40. The second-order valence-corrected chi connectivity index (χ2v) is 7.40. The van der Waals surface area contributed by atoms with Crippen LogP contribution in [0.15, 0.2) is 0 Å². The van der Waals surface area contributed by atoms with Gasteiger partial charge in [0.25, 0.3) is 0 Å². The number of hydrogen-bond acceptors (Lipinski definition) is 4. The topological polar surface area (TPSA) is 78.7 Å². The van der Waals surface area contributed by atoms with Crippen molar-refractivity contribution in [2.75, 3.05) is 40.3 Å². The molecule has 144 valence electrons. The zero-order valence-corrected chi connectivity index (χ0v) is 17.1. The zero-order valence-electron chi connectivity index (χ0n) is 15.5. The van der Waals surface area contributed by atoms with Crippen molar-refractivity contribution >= 4 is 36.6 Å². The Hall–Kier alpha value is -0.560. The Kier molecular flexibility index (Phi) is 11.9. The van der Waals surface area contributed by atoms with Gasteiger partial charge in [0.1, 0.15) is 0 Å². The summed E-state index contributed by atoms with van der Waals surface area (Å²) in [6, 6.07) is 0. The van der Waals surface area contributed by atoms with Gasteiger partial charge in [0.05, 0.1) is 5.92 Å². The number of likely N-dealkylation sites (tertiary alicyclic amines) is 1. The molecule has 8 heteroatoms. The van der Waals surface area contributed by atoms with E-state index in [0.29, 0.717) is 32.0 Å². The van der Waals surface area contributed by atoms with E-state index in [0.717, 1.165) is 13.0 Å². The lowest BCUT2D eigenvalue weighted by Gasteiger charge is -2.32. The first-order chi connectivity index (χ1) is 10.2. The molecule has 3 N–H and O–H groups in total. The largest absolute Gasteiger partial charge is 0.349 e. The van der Waals surface area contributed by atoms with Gasteiger partial charge >= 0.3 is 0 Å². The molecule has 0 radical (unpaired) electrons. The van der Waals surface area contributed by atoms with Crippen LogP contribution < -0.4 is 11.1 Å². The lowest BCUT2D eigenvalue weighted by Crippen LogP contribution is -2.54. The van der Waals surface area contributed by atoms with E-state index in [2.05, 4.69) is 19.2 Å². The molecule has 2 unspecified atom stereocenters. The van der Waals surface area contributed by atoms with Gasteiger partial charge in [-0.25, -0.2) is 0 Å². The molecule has 2 amide bonds. The molecule has 1 aliphatic heterocycles. The Morgan fingerprint density at radius 1 is 1.42 bits per heavy atom. The molecule has 1 saturated heterocycles. The number of nitrogens with two attached hydrogens (primary N) is 1. The maximum atomic E-state index is 12.5. The highest BCUT2D eigenvalue weighted by molar-refractivity contribution is 5.89. The van der Waals surface area contributed by atoms with Crippen LogP contribution in [-0.4, -0.2) is 67.4 Å². The number of rotatable bonds is 8. The Morgan fingerprint density at radius 2 is 2.00 bits per heavy atom. The summed E-state index contributed by atoms with van der Waals surface area (Å²) >= 11 is 0. The standard InChI is InChI=1S/C16H32N4O2.2ClH/c1-12(2)9-16(3,11-17)18-15(22)13-8-14(21)20(10-13)7-6-19(4)5;;/h12-13H,6-11,17H2,1-5H3,(H,18,22);2*1H. The quantitative estimate of drug-likeness (QED) is 0.656. The molecule has 1 fully saturated rings. The van der Waals surface area contributed by atoms with Gasteiger partial charge in [0.15, 0.2) is 0 Å². The molecule has 0 bridgehead atoms. The number of likely N-dealkylation sites (N-methyl/N-ethyl adjacent to an activating group) is 1. The van der Waals surface area contributed by atoms with Crippen molar-refractivity contribution in [1.82, 2.24) is 15.1 Å². The maximum absolute atomic E-state index is 12.5. The maximum Gasteiger partial charge on any atom is 0.225 e. The molecular weight excluding hydrogens is 351 g/mol. The molecule has 24 heavy (non-hydrogen) atoms. The van der Waals surface area contributed by atoms with Crippen LogP contribution in [0.5, 0.6) is 0 Å². The smallest absolute Gasteiger partial charge is 0.225 e. The fraction of sp³-hybridized carbons (Fsp3) is 0.875. The van der Waals surface area contributed by atoms with Gasteiger partial charge < -0.3 is 20.9 Å². The van der Waals surface area contributed by atoms with Crippen molar-refractivity contribution in [2.24, 2.45) is 17.6 Å². The van der Waals surface area contributed by atoms with Crippen LogP contribution in [0.25, 0.3) is 0 Å². The van der Waals surface area contributed by atoms with Crippen molar-refractivity contribution in [2.45, 2.75) is 39.2 Å². The number of nitrogens with zero attached hydrogens (tertiary/aromatic N) is 2. The van der Waals surface area contributed by atoms with Gasteiger partial charge in [-0.05, 0) is 33.4 Å². The predicted octanol–water partition coefficient (Wildman–Crippen LogP) is 1.12. The molecule has 1 rings (SSSR count). The fourth-order valence-corrected chi connectivity index (χ4v) is 2.97. The van der Waals surface area contributed by atoms with Crippen LogP contribution in [0.3, 0.4) is 0 Å². The molecule has 0 aromatic carbocycles. The van der Waals surface area contributed by atoms with Crippen LogP contribution >= 0.6 is 24.8 Å². The Balaban J connectivity index is 0. The van der Waals surface area contributed by atoms with Gasteiger partial charge in [0.2, 0.25) is 11.8 Å². The number of nitrogens with one attached hydrogen (secondary N) is 1. The Labute approximate surface area is 158 Å². The highest BCUT2D eigenvalue weighted by Gasteiger charge is 2.36. The summed E-state index contributed by atoms with van der Waals surface area (Å²) in [6.45, 7) is 8.61. The molecular formula is C16H34Cl2N4O2. The van der Waals surface area contributed by atoms with E-state index < -0.39 is 5.54 Å². The first kappa shape index (κ1) is 25.7. The van der Waals surface area contributed by atoms with Gasteiger partial charge in [-0.3, -0.25) is 9.59 Å². The summed E-state index contributed by atoms with van der Waals surface area (Å²) < 4.78 is 0. The van der Waals surface area contributed by atoms with Crippen LogP contribution in [0, 0.1) is 11.8 Å². The van der Waals surface area contributed by atoms with E-state index >= 15 is 0 Å². The molecule has 0 aliphatic carbocycles. The van der Waals surface area contributed by atoms with Crippen molar-refractivity contribution in [3.8, 4) is 0 Å². The minimum atomic E-state index is -0.397. The molecule has 1 heterocycles. The molecule has 2 atom stereocenters. The third-order valence-corrected chi connectivity index (χ3v) is 4.14. The summed E-state index contributed by atoms with van der Waals surface area (Å²) in [5, 5.41) is 3.07. The SMILES string of the molecule is CC(C)CC(C)(CN)NC(=O)C1CC(=O)N(CCN(C)C)C1.Cl.Cl. The normalized spacial score (nSPS) is 19.8. The van der Waals surface area contributed by atoms with Crippen molar-refractivity contribution in [3.05, 3.63) is 0 Å². The van der Waals surface area contributed by atoms with Crippen LogP contribution in [0.1, 0.15) is 33.6 Å². The second kappa shape index (κ2) is 11.1. The monoisotopic (exact) mass is 384 g/mol. The van der Waals surface area contributed by atoms with Crippen molar-refractivity contribution in [3.63, 3.8) is 0 Å². The molecule has 6 nitrogen and oxygen atoms in total.